The Bertz CT molecular complexity index is 925. The average molecular weight is 478 g/mol. The highest BCUT2D eigenvalue weighted by molar-refractivity contribution is 9.10. The van der Waals surface area contributed by atoms with Crippen LogP contribution >= 0.6 is 15.9 Å². The molecule has 0 spiro atoms. The number of ether oxygens (including phenoxy) is 1. The number of piperidine rings is 1. The zero-order valence-corrected chi connectivity index (χ0v) is 18.8. The number of nitrogens with zero attached hydrogens (tertiary/aromatic N) is 2. The van der Waals surface area contributed by atoms with Crippen molar-refractivity contribution in [2.24, 2.45) is 17.8 Å². The van der Waals surface area contributed by atoms with E-state index in [1.807, 2.05) is 6.07 Å². The van der Waals surface area contributed by atoms with Crippen molar-refractivity contribution in [1.82, 2.24) is 10.2 Å². The number of nitrogens with one attached hydrogen (secondary N) is 1. The van der Waals surface area contributed by atoms with Crippen LogP contribution in [0.25, 0.3) is 0 Å². The predicted octanol–water partition coefficient (Wildman–Crippen LogP) is 3.78. The van der Waals surface area contributed by atoms with Crippen LogP contribution in [-0.4, -0.2) is 40.6 Å². The number of carbonyl (C=O) groups is 2. The summed E-state index contributed by atoms with van der Waals surface area (Å²) >= 11 is 3.21. The van der Waals surface area contributed by atoms with Crippen LogP contribution in [0.4, 0.5) is 9.18 Å². The molecule has 30 heavy (non-hydrogen) atoms. The van der Waals surface area contributed by atoms with E-state index < -0.39 is 29.6 Å². The molecule has 4 rings (SSSR count). The van der Waals surface area contributed by atoms with Gasteiger partial charge in [-0.05, 0) is 69.1 Å². The van der Waals surface area contributed by atoms with Gasteiger partial charge in [0.1, 0.15) is 23.5 Å². The fourth-order valence-corrected chi connectivity index (χ4v) is 5.41. The van der Waals surface area contributed by atoms with Crippen molar-refractivity contribution in [3.8, 4) is 6.07 Å². The molecule has 2 bridgehead atoms. The number of nitriles is 1. The first-order chi connectivity index (χ1) is 14.1. The second-order valence-electron chi connectivity index (χ2n) is 9.49. The number of halogens is 2. The van der Waals surface area contributed by atoms with Gasteiger partial charge in [-0.15, -0.1) is 0 Å². The first kappa shape index (κ1) is 21.1. The van der Waals surface area contributed by atoms with E-state index in [0.29, 0.717) is 21.9 Å². The molecule has 2 saturated carbocycles. The second kappa shape index (κ2) is 7.52. The summed E-state index contributed by atoms with van der Waals surface area (Å²) in [5, 5.41) is 12.3. The monoisotopic (exact) mass is 477 g/mol. The van der Waals surface area contributed by atoms with E-state index in [2.05, 4.69) is 21.2 Å². The molecule has 1 aromatic rings. The lowest BCUT2D eigenvalue weighted by Crippen LogP contribution is -2.56. The first-order valence-electron chi connectivity index (χ1n) is 10.2. The van der Waals surface area contributed by atoms with E-state index >= 15 is 0 Å². The van der Waals surface area contributed by atoms with Crippen molar-refractivity contribution in [2.45, 2.75) is 63.8 Å². The molecule has 2 amide bonds. The number of likely N-dealkylation sites (tertiary alicyclic amines) is 1. The van der Waals surface area contributed by atoms with Crippen molar-refractivity contribution >= 4 is 27.9 Å². The predicted molar refractivity (Wildman–Crippen MR) is 111 cm³/mol. The molecule has 0 aromatic heterocycles. The van der Waals surface area contributed by atoms with Gasteiger partial charge in [0.05, 0.1) is 6.07 Å². The lowest BCUT2D eigenvalue weighted by molar-refractivity contribution is -0.128. The Hall–Kier alpha value is -2.14. The molecule has 1 heterocycles. The number of fused-ring (bicyclic) bond motifs is 5. The maximum absolute atomic E-state index is 14.2. The van der Waals surface area contributed by atoms with Crippen molar-refractivity contribution in [2.75, 3.05) is 0 Å². The number of hydrogen-bond acceptors (Lipinski definition) is 4. The van der Waals surface area contributed by atoms with Gasteiger partial charge in [0.25, 0.3) is 0 Å². The van der Waals surface area contributed by atoms with Crippen LogP contribution in [0.2, 0.25) is 0 Å². The Morgan fingerprint density at radius 2 is 2.07 bits per heavy atom. The zero-order valence-electron chi connectivity index (χ0n) is 17.2. The molecule has 6 nitrogen and oxygen atoms in total. The maximum Gasteiger partial charge on any atom is 0.411 e. The molecule has 1 N–H and O–H groups in total. The maximum atomic E-state index is 14.2. The molecule has 1 aliphatic heterocycles. The number of benzene rings is 1. The molecule has 3 aliphatic rings. The first-order valence-corrected chi connectivity index (χ1v) is 11.0. The summed E-state index contributed by atoms with van der Waals surface area (Å²) in [6.07, 6.45) is 1.41. The van der Waals surface area contributed by atoms with Gasteiger partial charge in [0.2, 0.25) is 5.91 Å². The van der Waals surface area contributed by atoms with Crippen molar-refractivity contribution in [3.63, 3.8) is 0 Å². The highest BCUT2D eigenvalue weighted by Crippen LogP contribution is 2.63. The fraction of sp³-hybridized carbons (Fsp3) is 0.591. The molecule has 1 aromatic carbocycles. The lowest BCUT2D eigenvalue weighted by atomic mass is 9.95. The van der Waals surface area contributed by atoms with Crippen molar-refractivity contribution in [3.05, 3.63) is 34.1 Å². The second-order valence-corrected chi connectivity index (χ2v) is 10.4. The Morgan fingerprint density at radius 3 is 2.70 bits per heavy atom. The molecular weight excluding hydrogens is 453 g/mol. The summed E-state index contributed by atoms with van der Waals surface area (Å²) in [6, 6.07) is 5.17. The van der Waals surface area contributed by atoms with Gasteiger partial charge in [-0.2, -0.15) is 5.26 Å². The molecule has 1 saturated heterocycles. The number of rotatable bonds is 4. The number of carbonyl (C=O) groups excluding carboxylic acids is 2. The molecule has 2 aliphatic carbocycles. The van der Waals surface area contributed by atoms with Gasteiger partial charge in [-0.3, -0.25) is 9.69 Å². The minimum Gasteiger partial charge on any atom is -0.444 e. The highest BCUT2D eigenvalue weighted by Gasteiger charge is 2.67. The van der Waals surface area contributed by atoms with Crippen LogP contribution in [0.1, 0.15) is 39.2 Å². The van der Waals surface area contributed by atoms with E-state index in [1.165, 1.54) is 6.07 Å². The summed E-state index contributed by atoms with van der Waals surface area (Å²) in [5.41, 5.74) is -0.304. The minimum atomic E-state index is -0.886. The third-order valence-electron chi connectivity index (χ3n) is 6.30. The van der Waals surface area contributed by atoms with Gasteiger partial charge in [-0.1, -0.05) is 22.0 Å². The van der Waals surface area contributed by atoms with E-state index in [0.717, 1.165) is 12.8 Å². The summed E-state index contributed by atoms with van der Waals surface area (Å²) in [5.74, 6) is 0.221. The SMILES string of the molecule is CC(C)(C)OC(=O)N1C2CC(C3CC32)C1C(=O)NC(C#N)Cc1ccc(Br)cc1F. The van der Waals surface area contributed by atoms with Crippen LogP contribution in [-0.2, 0) is 16.0 Å². The summed E-state index contributed by atoms with van der Waals surface area (Å²) < 4.78 is 20.3. The van der Waals surface area contributed by atoms with Crippen LogP contribution in [0, 0.1) is 34.9 Å². The molecule has 3 fully saturated rings. The van der Waals surface area contributed by atoms with Gasteiger partial charge in [-0.25, -0.2) is 9.18 Å². The van der Waals surface area contributed by atoms with Gasteiger partial charge < -0.3 is 10.1 Å². The van der Waals surface area contributed by atoms with Crippen molar-refractivity contribution in [1.29, 1.82) is 5.26 Å². The Labute approximate surface area is 183 Å². The summed E-state index contributed by atoms with van der Waals surface area (Å²) in [7, 11) is 0. The minimum absolute atomic E-state index is 0.0232. The van der Waals surface area contributed by atoms with Crippen LogP contribution in [0.5, 0.6) is 0 Å². The standard InChI is InChI=1S/C22H25BrFN3O3/c1-22(2,3)30-21(29)27-18-9-16(14-8-15(14)18)19(27)20(28)26-13(10-25)6-11-4-5-12(23)7-17(11)24/h4-5,7,13-16,18-19H,6,8-9H2,1-3H3,(H,26,28). The quantitative estimate of drug-likeness (QED) is 0.714. The fourth-order valence-electron chi connectivity index (χ4n) is 5.07. The Morgan fingerprint density at radius 1 is 1.33 bits per heavy atom. The molecular formula is C22H25BrFN3O3. The van der Waals surface area contributed by atoms with Gasteiger partial charge in [0.15, 0.2) is 0 Å². The third-order valence-corrected chi connectivity index (χ3v) is 6.79. The Balaban J connectivity index is 1.49. The largest absolute Gasteiger partial charge is 0.444 e. The molecule has 0 radical (unpaired) electrons. The van der Waals surface area contributed by atoms with Gasteiger partial charge in [0, 0.05) is 16.9 Å². The molecule has 6 atom stereocenters. The number of amides is 2. The molecule has 160 valence electrons. The van der Waals surface area contributed by atoms with Crippen LogP contribution in [0.3, 0.4) is 0 Å². The molecule has 6 unspecified atom stereocenters. The van der Waals surface area contributed by atoms with E-state index in [1.54, 1.807) is 37.8 Å². The topological polar surface area (TPSA) is 82.4 Å². The highest BCUT2D eigenvalue weighted by atomic mass is 79.9. The van der Waals surface area contributed by atoms with Crippen molar-refractivity contribution < 1.29 is 18.7 Å². The van der Waals surface area contributed by atoms with Crippen LogP contribution in [0.15, 0.2) is 22.7 Å². The smallest absolute Gasteiger partial charge is 0.411 e. The normalized spacial score (nSPS) is 29.7. The average Bonchev–Trinajstić information content (AvgIpc) is 3.25. The van der Waals surface area contributed by atoms with Crippen LogP contribution < -0.4 is 5.32 Å². The van der Waals surface area contributed by atoms with E-state index in [9.17, 15) is 19.2 Å². The van der Waals surface area contributed by atoms with E-state index in [-0.39, 0.29) is 24.3 Å². The zero-order chi connectivity index (χ0) is 21.8. The number of hydrogen-bond donors (Lipinski definition) is 1. The molecule has 8 heteroatoms. The Kier molecular flexibility index (Phi) is 5.29. The summed E-state index contributed by atoms with van der Waals surface area (Å²) in [6.45, 7) is 5.39. The van der Waals surface area contributed by atoms with Gasteiger partial charge >= 0.3 is 6.09 Å². The van der Waals surface area contributed by atoms with E-state index in [4.69, 9.17) is 4.74 Å². The third kappa shape index (κ3) is 3.92. The summed E-state index contributed by atoms with van der Waals surface area (Å²) in [4.78, 5) is 27.6. The lowest BCUT2D eigenvalue weighted by Gasteiger charge is -2.35.